The summed E-state index contributed by atoms with van der Waals surface area (Å²) in [6, 6.07) is 16.8. The predicted molar refractivity (Wildman–Crippen MR) is 130 cm³/mol. The van der Waals surface area contributed by atoms with E-state index in [1.54, 1.807) is 32.4 Å². The van der Waals surface area contributed by atoms with Gasteiger partial charge in [0, 0.05) is 6.54 Å². The molecule has 0 aromatic heterocycles. The van der Waals surface area contributed by atoms with Gasteiger partial charge in [0.15, 0.2) is 18.1 Å². The quantitative estimate of drug-likeness (QED) is 0.454. The highest BCUT2D eigenvalue weighted by Gasteiger charge is 2.16. The molecular weight excluding hydrogens is 456 g/mol. The summed E-state index contributed by atoms with van der Waals surface area (Å²) in [6.45, 7) is 3.82. The Hall–Kier alpha value is -3.72. The summed E-state index contributed by atoms with van der Waals surface area (Å²) in [5.74, 6) is 1.25. The number of ether oxygens (including phenoxy) is 3. The topological polar surface area (TPSA) is 103 Å². The van der Waals surface area contributed by atoms with Crippen LogP contribution in [0.4, 0.5) is 5.69 Å². The molecule has 1 amide bonds. The number of sulfonamides is 1. The van der Waals surface area contributed by atoms with Crippen LogP contribution in [0.5, 0.6) is 17.2 Å². The molecule has 0 aliphatic carbocycles. The van der Waals surface area contributed by atoms with Gasteiger partial charge in [0.05, 0.1) is 24.8 Å². The second kappa shape index (κ2) is 10.9. The summed E-state index contributed by atoms with van der Waals surface area (Å²) in [6.07, 6.45) is 0. The first kappa shape index (κ1) is 24.9. The molecule has 0 bridgehead atoms. The van der Waals surface area contributed by atoms with Gasteiger partial charge in [-0.15, -0.1) is 0 Å². The van der Waals surface area contributed by atoms with Crippen LogP contribution < -0.4 is 24.2 Å². The molecule has 0 atom stereocenters. The van der Waals surface area contributed by atoms with Crippen LogP contribution in [0.3, 0.4) is 0 Å². The maximum atomic E-state index is 12.7. The Kier molecular flexibility index (Phi) is 8.01. The minimum atomic E-state index is -3.75. The summed E-state index contributed by atoms with van der Waals surface area (Å²) in [5.41, 5.74) is 3.16. The van der Waals surface area contributed by atoms with Crippen molar-refractivity contribution in [1.82, 2.24) is 5.32 Å². The fourth-order valence-electron chi connectivity index (χ4n) is 3.16. The van der Waals surface area contributed by atoms with Crippen molar-refractivity contribution in [2.45, 2.75) is 25.3 Å². The van der Waals surface area contributed by atoms with Crippen LogP contribution in [-0.2, 0) is 21.4 Å². The summed E-state index contributed by atoms with van der Waals surface area (Å²) < 4.78 is 44.0. The molecule has 0 fully saturated rings. The third kappa shape index (κ3) is 6.41. The van der Waals surface area contributed by atoms with E-state index in [9.17, 15) is 13.2 Å². The normalized spacial score (nSPS) is 10.9. The van der Waals surface area contributed by atoms with Gasteiger partial charge in [0.1, 0.15) is 5.75 Å². The molecule has 0 aliphatic rings. The molecule has 0 saturated heterocycles. The Morgan fingerprint density at radius 1 is 0.882 bits per heavy atom. The molecule has 0 unspecified atom stereocenters. The number of rotatable bonds is 10. The first-order chi connectivity index (χ1) is 16.2. The monoisotopic (exact) mass is 484 g/mol. The van der Waals surface area contributed by atoms with Crippen LogP contribution in [0, 0.1) is 13.8 Å². The number of methoxy groups -OCH3 is 2. The third-order valence-electron chi connectivity index (χ3n) is 5.08. The van der Waals surface area contributed by atoms with Crippen molar-refractivity contribution in [3.63, 3.8) is 0 Å². The molecule has 8 nitrogen and oxygen atoms in total. The first-order valence-corrected chi connectivity index (χ1v) is 12.0. The fourth-order valence-corrected chi connectivity index (χ4v) is 4.28. The average Bonchev–Trinajstić information content (AvgIpc) is 2.83. The van der Waals surface area contributed by atoms with Crippen molar-refractivity contribution in [2.75, 3.05) is 25.5 Å². The average molecular weight is 485 g/mol. The van der Waals surface area contributed by atoms with Gasteiger partial charge in [0.2, 0.25) is 0 Å². The van der Waals surface area contributed by atoms with E-state index in [0.29, 0.717) is 29.5 Å². The zero-order valence-corrected chi connectivity index (χ0v) is 20.4. The van der Waals surface area contributed by atoms with E-state index in [-0.39, 0.29) is 17.4 Å². The Bertz CT molecular complexity index is 1260. The van der Waals surface area contributed by atoms with Crippen LogP contribution in [0.25, 0.3) is 0 Å². The highest BCUT2D eigenvalue weighted by atomic mass is 32.2. The number of hydrogen-bond acceptors (Lipinski definition) is 6. The minimum absolute atomic E-state index is 0.0960. The van der Waals surface area contributed by atoms with Gasteiger partial charge in [0.25, 0.3) is 15.9 Å². The van der Waals surface area contributed by atoms with E-state index in [1.165, 1.54) is 24.3 Å². The molecule has 0 spiro atoms. The lowest BCUT2D eigenvalue weighted by atomic mass is 10.1. The van der Waals surface area contributed by atoms with Crippen LogP contribution >= 0.6 is 0 Å². The number of amides is 1. The zero-order valence-electron chi connectivity index (χ0n) is 19.5. The van der Waals surface area contributed by atoms with Crippen LogP contribution in [-0.4, -0.2) is 35.2 Å². The predicted octanol–water partition coefficient (Wildman–Crippen LogP) is 3.82. The number of nitrogens with one attached hydrogen (secondary N) is 2. The number of carbonyl (C=O) groups is 1. The second-order valence-electron chi connectivity index (χ2n) is 7.65. The molecule has 0 radical (unpaired) electrons. The highest BCUT2D eigenvalue weighted by molar-refractivity contribution is 7.92. The van der Waals surface area contributed by atoms with E-state index in [2.05, 4.69) is 10.0 Å². The van der Waals surface area contributed by atoms with E-state index in [0.717, 1.165) is 16.7 Å². The number of carbonyl (C=O) groups excluding carboxylic acids is 1. The van der Waals surface area contributed by atoms with Crippen LogP contribution in [0.15, 0.2) is 65.6 Å². The molecule has 180 valence electrons. The van der Waals surface area contributed by atoms with Crippen LogP contribution in [0.1, 0.15) is 16.7 Å². The Balaban J connectivity index is 1.54. The molecule has 2 N–H and O–H groups in total. The standard InChI is InChI=1S/C25H28N2O6S/c1-17-5-6-18(2)22(13-17)27-34(29,30)21-10-8-20(9-11-21)33-16-25(28)26-15-19-7-12-23(31-3)24(14-19)32-4/h5-14,27H,15-16H2,1-4H3,(H,26,28). The molecule has 3 aromatic rings. The van der Waals surface area contributed by atoms with Gasteiger partial charge in [-0.1, -0.05) is 18.2 Å². The largest absolute Gasteiger partial charge is 0.493 e. The number of hydrogen-bond donors (Lipinski definition) is 2. The van der Waals surface area contributed by atoms with Crippen molar-refractivity contribution in [2.24, 2.45) is 0 Å². The summed E-state index contributed by atoms with van der Waals surface area (Å²) in [5, 5.41) is 2.76. The van der Waals surface area contributed by atoms with Gasteiger partial charge in [-0.2, -0.15) is 0 Å². The molecule has 34 heavy (non-hydrogen) atoms. The number of aryl methyl sites for hydroxylation is 2. The molecule has 0 aliphatic heterocycles. The van der Waals surface area contributed by atoms with Crippen molar-refractivity contribution >= 4 is 21.6 Å². The van der Waals surface area contributed by atoms with Crippen LogP contribution in [0.2, 0.25) is 0 Å². The Labute approximate surface area is 199 Å². The summed E-state index contributed by atoms with van der Waals surface area (Å²) in [4.78, 5) is 12.3. The molecule has 0 saturated carbocycles. The summed E-state index contributed by atoms with van der Waals surface area (Å²) >= 11 is 0. The van der Waals surface area contributed by atoms with E-state index >= 15 is 0 Å². The van der Waals surface area contributed by atoms with E-state index in [4.69, 9.17) is 14.2 Å². The second-order valence-corrected chi connectivity index (χ2v) is 9.33. The lowest BCUT2D eigenvalue weighted by molar-refractivity contribution is -0.123. The van der Waals surface area contributed by atoms with Crippen molar-refractivity contribution in [3.8, 4) is 17.2 Å². The molecule has 9 heteroatoms. The highest BCUT2D eigenvalue weighted by Crippen LogP contribution is 2.27. The van der Waals surface area contributed by atoms with Gasteiger partial charge >= 0.3 is 0 Å². The lowest BCUT2D eigenvalue weighted by Crippen LogP contribution is -2.28. The maximum Gasteiger partial charge on any atom is 0.261 e. The Morgan fingerprint density at radius 2 is 1.59 bits per heavy atom. The number of anilines is 1. The smallest absolute Gasteiger partial charge is 0.261 e. The van der Waals surface area contributed by atoms with E-state index < -0.39 is 10.0 Å². The molecule has 0 heterocycles. The molecule has 3 aromatic carbocycles. The molecular formula is C25H28N2O6S. The van der Waals surface area contributed by atoms with Gasteiger partial charge in [-0.3, -0.25) is 9.52 Å². The molecule has 3 rings (SSSR count). The van der Waals surface area contributed by atoms with Gasteiger partial charge in [-0.25, -0.2) is 8.42 Å². The number of benzene rings is 3. The van der Waals surface area contributed by atoms with Crippen molar-refractivity contribution in [3.05, 3.63) is 77.4 Å². The Morgan fingerprint density at radius 3 is 2.26 bits per heavy atom. The van der Waals surface area contributed by atoms with Crippen molar-refractivity contribution < 1.29 is 27.4 Å². The van der Waals surface area contributed by atoms with Gasteiger partial charge < -0.3 is 19.5 Å². The van der Waals surface area contributed by atoms with Crippen molar-refractivity contribution in [1.29, 1.82) is 0 Å². The fraction of sp³-hybridized carbons (Fsp3) is 0.240. The first-order valence-electron chi connectivity index (χ1n) is 10.5. The zero-order chi connectivity index (χ0) is 24.7. The minimum Gasteiger partial charge on any atom is -0.493 e. The van der Waals surface area contributed by atoms with E-state index in [1.807, 2.05) is 32.0 Å². The SMILES string of the molecule is COc1ccc(CNC(=O)COc2ccc(S(=O)(=O)Nc3cc(C)ccc3C)cc2)cc1OC. The van der Waals surface area contributed by atoms with Gasteiger partial charge in [-0.05, 0) is 73.0 Å². The lowest BCUT2D eigenvalue weighted by Gasteiger charge is -2.12. The summed E-state index contributed by atoms with van der Waals surface area (Å²) in [7, 11) is -0.653. The third-order valence-corrected chi connectivity index (χ3v) is 6.46. The maximum absolute atomic E-state index is 12.7.